The fourth-order valence-electron chi connectivity index (χ4n) is 8.90. The van der Waals surface area contributed by atoms with Crippen LogP contribution >= 0.6 is 0 Å². The van der Waals surface area contributed by atoms with Crippen LogP contribution in [0.25, 0.3) is 0 Å². The Labute approximate surface area is 178 Å². The highest BCUT2D eigenvalue weighted by Gasteiger charge is 2.61. The molecular weight excluding hydrogens is 352 g/mol. The summed E-state index contributed by atoms with van der Waals surface area (Å²) < 4.78 is 0. The Hall–Kier alpha value is -1.11. The molecule has 4 aliphatic rings. The van der Waals surface area contributed by atoms with E-state index in [9.17, 15) is 4.79 Å². The number of aryl methyl sites for hydroxylation is 1. The minimum Gasteiger partial charge on any atom is -0.294 e. The summed E-state index contributed by atoms with van der Waals surface area (Å²) >= 11 is 0. The van der Waals surface area contributed by atoms with Gasteiger partial charge in [0.05, 0.1) is 0 Å². The first-order valence-electron chi connectivity index (χ1n) is 12.4. The lowest BCUT2D eigenvalue weighted by atomic mass is 9.44. The number of hydrogen-bond acceptors (Lipinski definition) is 1. The zero-order valence-corrected chi connectivity index (χ0v) is 19.0. The molecule has 0 saturated heterocycles. The zero-order valence-electron chi connectivity index (χ0n) is 19.0. The standard InChI is InChI=1S/C28H40O/c1-18-6-5-7-20(16-18)26(29)25-11-10-23-22-9-8-21-17-19(2)12-14-27(21,3)24(22)13-15-28(23,25)4/h5-7,16,19,21-25H,8-15,17H2,1-4H3. The molecule has 4 fully saturated rings. The van der Waals surface area contributed by atoms with Gasteiger partial charge in [-0.15, -0.1) is 0 Å². The molecule has 0 heterocycles. The van der Waals surface area contributed by atoms with Crippen LogP contribution in [-0.2, 0) is 0 Å². The molecule has 1 heteroatoms. The summed E-state index contributed by atoms with van der Waals surface area (Å²) in [5.74, 6) is 5.13. The van der Waals surface area contributed by atoms with E-state index in [1.807, 2.05) is 6.07 Å². The Morgan fingerprint density at radius 3 is 2.48 bits per heavy atom. The van der Waals surface area contributed by atoms with Gasteiger partial charge in [-0.1, -0.05) is 51.0 Å². The molecule has 1 nitrogen and oxygen atoms in total. The average Bonchev–Trinajstić information content (AvgIpc) is 3.05. The number of benzene rings is 1. The lowest BCUT2D eigenvalue weighted by Gasteiger charge is -2.61. The maximum absolute atomic E-state index is 13.5. The molecule has 0 spiro atoms. The van der Waals surface area contributed by atoms with Crippen molar-refractivity contribution in [3.63, 3.8) is 0 Å². The van der Waals surface area contributed by atoms with Crippen molar-refractivity contribution in [2.24, 2.45) is 46.3 Å². The van der Waals surface area contributed by atoms with Crippen LogP contribution in [-0.4, -0.2) is 5.78 Å². The van der Waals surface area contributed by atoms with Gasteiger partial charge >= 0.3 is 0 Å². The van der Waals surface area contributed by atoms with Gasteiger partial charge < -0.3 is 0 Å². The van der Waals surface area contributed by atoms with E-state index in [-0.39, 0.29) is 11.3 Å². The highest BCUT2D eigenvalue weighted by molar-refractivity contribution is 5.98. The summed E-state index contributed by atoms with van der Waals surface area (Å²) in [6, 6.07) is 8.32. The van der Waals surface area contributed by atoms with Crippen LogP contribution in [0.2, 0.25) is 0 Å². The fourth-order valence-corrected chi connectivity index (χ4v) is 8.90. The molecule has 158 valence electrons. The molecule has 4 aliphatic carbocycles. The molecule has 0 radical (unpaired) electrons. The van der Waals surface area contributed by atoms with Crippen LogP contribution in [0.3, 0.4) is 0 Å². The van der Waals surface area contributed by atoms with E-state index in [1.54, 1.807) is 0 Å². The molecule has 1 aromatic rings. The number of fused-ring (bicyclic) bond motifs is 5. The normalized spacial score (nSPS) is 46.5. The quantitative estimate of drug-likeness (QED) is 0.477. The van der Waals surface area contributed by atoms with Crippen LogP contribution in [0.1, 0.15) is 94.5 Å². The molecular formula is C28H40O. The lowest BCUT2D eigenvalue weighted by molar-refractivity contribution is -0.114. The first-order chi connectivity index (χ1) is 13.8. The minimum atomic E-state index is 0.229. The van der Waals surface area contributed by atoms with E-state index in [2.05, 4.69) is 45.9 Å². The van der Waals surface area contributed by atoms with Gasteiger partial charge in [-0.05, 0) is 105 Å². The Kier molecular flexibility index (Phi) is 4.76. The predicted octanol–water partition coefficient (Wildman–Crippen LogP) is 7.47. The minimum absolute atomic E-state index is 0.229. The van der Waals surface area contributed by atoms with Crippen molar-refractivity contribution in [2.75, 3.05) is 0 Å². The van der Waals surface area contributed by atoms with E-state index in [1.165, 1.54) is 56.9 Å². The maximum atomic E-state index is 13.5. The number of Topliss-reactive ketones (excluding diaryl/α,β-unsaturated/α-hetero) is 1. The predicted molar refractivity (Wildman–Crippen MR) is 120 cm³/mol. The number of carbonyl (C=O) groups excluding carboxylic acids is 1. The molecule has 0 aliphatic heterocycles. The molecule has 1 aromatic carbocycles. The first-order valence-corrected chi connectivity index (χ1v) is 12.4. The average molecular weight is 393 g/mol. The third-order valence-electron chi connectivity index (χ3n) is 10.5. The Bertz CT molecular complexity index is 795. The molecule has 0 bridgehead atoms. The molecule has 8 atom stereocenters. The zero-order chi connectivity index (χ0) is 20.4. The smallest absolute Gasteiger partial charge is 0.166 e. The van der Waals surface area contributed by atoms with Crippen molar-refractivity contribution >= 4 is 5.78 Å². The summed E-state index contributed by atoms with van der Waals surface area (Å²) in [4.78, 5) is 13.5. The molecule has 8 unspecified atom stereocenters. The topological polar surface area (TPSA) is 17.1 Å². The van der Waals surface area contributed by atoms with Gasteiger partial charge in [-0.3, -0.25) is 4.79 Å². The molecule has 5 rings (SSSR count). The van der Waals surface area contributed by atoms with Crippen LogP contribution in [0.15, 0.2) is 24.3 Å². The van der Waals surface area contributed by atoms with Gasteiger partial charge in [0, 0.05) is 11.5 Å². The summed E-state index contributed by atoms with van der Waals surface area (Å²) in [5, 5.41) is 0. The van der Waals surface area contributed by atoms with Gasteiger partial charge in [0.15, 0.2) is 5.78 Å². The molecule has 0 aromatic heterocycles. The van der Waals surface area contributed by atoms with E-state index < -0.39 is 0 Å². The highest BCUT2D eigenvalue weighted by Crippen LogP contribution is 2.68. The molecule has 4 saturated carbocycles. The van der Waals surface area contributed by atoms with Crippen LogP contribution in [0, 0.1) is 53.3 Å². The maximum Gasteiger partial charge on any atom is 0.166 e. The number of ketones is 1. The van der Waals surface area contributed by atoms with Gasteiger partial charge in [-0.2, -0.15) is 0 Å². The van der Waals surface area contributed by atoms with E-state index in [0.717, 1.165) is 41.6 Å². The van der Waals surface area contributed by atoms with Crippen molar-refractivity contribution in [1.29, 1.82) is 0 Å². The lowest BCUT2D eigenvalue weighted by Crippen LogP contribution is -2.53. The van der Waals surface area contributed by atoms with Gasteiger partial charge in [0.25, 0.3) is 0 Å². The molecule has 0 amide bonds. The number of rotatable bonds is 2. The van der Waals surface area contributed by atoms with Gasteiger partial charge in [0.2, 0.25) is 0 Å². The van der Waals surface area contributed by atoms with Crippen LogP contribution in [0.4, 0.5) is 0 Å². The Balaban J connectivity index is 1.40. The SMILES string of the molecule is Cc1cccc(C(=O)C2CCC3C4CCC5CC(C)CCC5(C)C4CCC23C)c1. The fraction of sp³-hybridized carbons (Fsp3) is 0.750. The van der Waals surface area contributed by atoms with Gasteiger partial charge in [0.1, 0.15) is 0 Å². The second-order valence-electron chi connectivity index (χ2n) is 11.9. The van der Waals surface area contributed by atoms with Crippen molar-refractivity contribution in [3.8, 4) is 0 Å². The highest BCUT2D eigenvalue weighted by atomic mass is 16.1. The van der Waals surface area contributed by atoms with Crippen molar-refractivity contribution in [1.82, 2.24) is 0 Å². The molecule has 0 N–H and O–H groups in total. The van der Waals surface area contributed by atoms with E-state index in [4.69, 9.17) is 0 Å². The van der Waals surface area contributed by atoms with Crippen molar-refractivity contribution in [3.05, 3.63) is 35.4 Å². The molecule has 29 heavy (non-hydrogen) atoms. The summed E-state index contributed by atoms with van der Waals surface area (Å²) in [6.07, 6.45) is 12.3. The largest absolute Gasteiger partial charge is 0.294 e. The van der Waals surface area contributed by atoms with E-state index >= 15 is 0 Å². The van der Waals surface area contributed by atoms with Crippen LogP contribution in [0.5, 0.6) is 0 Å². The van der Waals surface area contributed by atoms with Gasteiger partial charge in [-0.25, -0.2) is 0 Å². The van der Waals surface area contributed by atoms with Crippen LogP contribution < -0.4 is 0 Å². The Morgan fingerprint density at radius 1 is 0.931 bits per heavy atom. The second-order valence-corrected chi connectivity index (χ2v) is 11.9. The second kappa shape index (κ2) is 6.96. The summed E-state index contributed by atoms with van der Waals surface area (Å²) in [6.45, 7) is 9.73. The third-order valence-corrected chi connectivity index (χ3v) is 10.5. The van der Waals surface area contributed by atoms with Crippen molar-refractivity contribution < 1.29 is 4.79 Å². The number of hydrogen-bond donors (Lipinski definition) is 0. The third kappa shape index (κ3) is 2.97. The van der Waals surface area contributed by atoms with Crippen molar-refractivity contribution in [2.45, 2.75) is 85.5 Å². The first kappa shape index (κ1) is 19.8. The van der Waals surface area contributed by atoms with E-state index in [0.29, 0.717) is 11.2 Å². The summed E-state index contributed by atoms with van der Waals surface area (Å²) in [7, 11) is 0. The summed E-state index contributed by atoms with van der Waals surface area (Å²) in [5.41, 5.74) is 2.97. The number of carbonyl (C=O) groups is 1. The monoisotopic (exact) mass is 392 g/mol. The Morgan fingerprint density at radius 2 is 1.69 bits per heavy atom.